The molecule has 1 aromatic heterocycles. The highest BCUT2D eigenvalue weighted by Gasteiger charge is 2.15. The zero-order valence-electron chi connectivity index (χ0n) is 14.9. The van der Waals surface area contributed by atoms with Gasteiger partial charge in [-0.1, -0.05) is 11.6 Å². The zero-order valence-corrected chi connectivity index (χ0v) is 16.5. The fourth-order valence-corrected chi connectivity index (χ4v) is 3.53. The van der Waals surface area contributed by atoms with Gasteiger partial charge in [-0.3, -0.25) is 4.79 Å². The summed E-state index contributed by atoms with van der Waals surface area (Å²) in [7, 11) is -3.33. The molecule has 0 aliphatic heterocycles. The number of nitrogens with one attached hydrogen (secondary N) is 1. The molecule has 1 N–H and O–H groups in total. The number of aromatic nitrogens is 1. The summed E-state index contributed by atoms with van der Waals surface area (Å²) >= 11 is 6.23. The second-order valence-corrected chi connectivity index (χ2v) is 8.57. The molecular formula is C19H17ClN2O4S. The zero-order chi connectivity index (χ0) is 19.8. The van der Waals surface area contributed by atoms with E-state index in [2.05, 4.69) is 10.3 Å². The Kier molecular flexibility index (Phi) is 5.08. The predicted molar refractivity (Wildman–Crippen MR) is 104 cm³/mol. The number of carbonyl (C=O) groups is 1. The Bertz CT molecular complexity index is 1140. The maximum atomic E-state index is 12.6. The topological polar surface area (TPSA) is 89.3 Å². The number of anilines is 1. The Morgan fingerprint density at radius 3 is 2.48 bits per heavy atom. The van der Waals surface area contributed by atoms with E-state index in [9.17, 15) is 13.2 Å². The summed E-state index contributed by atoms with van der Waals surface area (Å²) < 4.78 is 28.5. The number of sulfone groups is 1. The van der Waals surface area contributed by atoms with Crippen molar-refractivity contribution < 1.29 is 17.6 Å². The van der Waals surface area contributed by atoms with Crippen LogP contribution in [-0.4, -0.2) is 25.6 Å². The van der Waals surface area contributed by atoms with E-state index in [-0.39, 0.29) is 10.8 Å². The van der Waals surface area contributed by atoms with Crippen LogP contribution in [0.3, 0.4) is 0 Å². The first-order chi connectivity index (χ1) is 12.6. The molecule has 3 aromatic rings. The molecule has 3 rings (SSSR count). The van der Waals surface area contributed by atoms with Crippen molar-refractivity contribution in [2.45, 2.75) is 18.7 Å². The van der Waals surface area contributed by atoms with E-state index < -0.39 is 9.84 Å². The number of rotatable bonds is 4. The smallest absolute Gasteiger partial charge is 0.255 e. The lowest BCUT2D eigenvalue weighted by molar-refractivity contribution is 0.102. The molecule has 27 heavy (non-hydrogen) atoms. The normalized spacial score (nSPS) is 11.4. The number of nitrogens with zero attached hydrogens (tertiary/aromatic N) is 1. The Morgan fingerprint density at radius 2 is 1.89 bits per heavy atom. The van der Waals surface area contributed by atoms with E-state index in [0.717, 1.165) is 6.26 Å². The summed E-state index contributed by atoms with van der Waals surface area (Å²) in [4.78, 5) is 17.0. The van der Waals surface area contributed by atoms with Crippen molar-refractivity contribution in [3.05, 3.63) is 64.7 Å². The van der Waals surface area contributed by atoms with Gasteiger partial charge in [0.05, 0.1) is 9.92 Å². The minimum absolute atomic E-state index is 0.173. The van der Waals surface area contributed by atoms with Crippen LogP contribution in [0, 0.1) is 13.8 Å². The number of hydrogen-bond acceptors (Lipinski definition) is 5. The molecule has 0 radical (unpaired) electrons. The molecule has 0 spiro atoms. The maximum Gasteiger partial charge on any atom is 0.255 e. The fourth-order valence-electron chi connectivity index (χ4n) is 2.61. The molecule has 6 nitrogen and oxygen atoms in total. The van der Waals surface area contributed by atoms with E-state index in [1.807, 2.05) is 0 Å². The van der Waals surface area contributed by atoms with Gasteiger partial charge in [0, 0.05) is 30.0 Å². The van der Waals surface area contributed by atoms with Gasteiger partial charge in [0.1, 0.15) is 12.0 Å². The van der Waals surface area contributed by atoms with Gasteiger partial charge in [-0.05, 0) is 48.9 Å². The minimum atomic E-state index is -3.33. The SMILES string of the molecule is Cc1nc(-c2cc(NC(=O)c3ccc(S(C)(=O)=O)cc3C)ccc2Cl)co1. The third-order valence-corrected chi connectivity index (χ3v) is 5.43. The van der Waals surface area contributed by atoms with Crippen molar-refractivity contribution in [1.82, 2.24) is 4.98 Å². The highest BCUT2D eigenvalue weighted by atomic mass is 35.5. The first kappa shape index (κ1) is 19.1. The number of amides is 1. The molecule has 140 valence electrons. The molecule has 0 atom stereocenters. The van der Waals surface area contributed by atoms with Crippen molar-refractivity contribution in [2.75, 3.05) is 11.6 Å². The lowest BCUT2D eigenvalue weighted by Crippen LogP contribution is -2.14. The molecule has 0 aliphatic rings. The lowest BCUT2D eigenvalue weighted by Gasteiger charge is -2.10. The summed E-state index contributed by atoms with van der Waals surface area (Å²) in [5.41, 5.74) is 2.69. The Hall–Kier alpha value is -2.64. The number of oxazole rings is 1. The number of aryl methyl sites for hydroxylation is 2. The summed E-state index contributed by atoms with van der Waals surface area (Å²) in [6, 6.07) is 9.45. The Labute approximate surface area is 162 Å². The number of halogens is 1. The monoisotopic (exact) mass is 404 g/mol. The van der Waals surface area contributed by atoms with Crippen LogP contribution in [0.4, 0.5) is 5.69 Å². The average Bonchev–Trinajstić information content (AvgIpc) is 3.01. The largest absolute Gasteiger partial charge is 0.449 e. The fraction of sp³-hybridized carbons (Fsp3) is 0.158. The molecule has 2 aromatic carbocycles. The first-order valence-corrected chi connectivity index (χ1v) is 10.3. The van der Waals surface area contributed by atoms with E-state index in [4.69, 9.17) is 16.0 Å². The van der Waals surface area contributed by atoms with Gasteiger partial charge in [-0.25, -0.2) is 13.4 Å². The van der Waals surface area contributed by atoms with Crippen molar-refractivity contribution in [2.24, 2.45) is 0 Å². The van der Waals surface area contributed by atoms with Gasteiger partial charge in [0.15, 0.2) is 15.7 Å². The van der Waals surface area contributed by atoms with Crippen molar-refractivity contribution in [3.63, 3.8) is 0 Å². The minimum Gasteiger partial charge on any atom is -0.449 e. The Balaban J connectivity index is 1.89. The third kappa shape index (κ3) is 4.20. The van der Waals surface area contributed by atoms with Crippen LogP contribution >= 0.6 is 11.6 Å². The van der Waals surface area contributed by atoms with Gasteiger partial charge in [0.2, 0.25) is 0 Å². The molecule has 0 unspecified atom stereocenters. The van der Waals surface area contributed by atoms with Gasteiger partial charge in [-0.2, -0.15) is 0 Å². The number of benzene rings is 2. The van der Waals surface area contributed by atoms with Crippen molar-refractivity contribution >= 4 is 33.0 Å². The van der Waals surface area contributed by atoms with Crippen LogP contribution in [-0.2, 0) is 9.84 Å². The molecule has 1 amide bonds. The molecule has 0 saturated carbocycles. The van der Waals surface area contributed by atoms with Crippen LogP contribution in [0.1, 0.15) is 21.8 Å². The highest BCUT2D eigenvalue weighted by molar-refractivity contribution is 7.90. The quantitative estimate of drug-likeness (QED) is 0.701. The number of hydrogen-bond donors (Lipinski definition) is 1. The standard InChI is InChI=1S/C19H17ClN2O4S/c1-11-8-14(27(3,24)25)5-6-15(11)19(23)22-13-4-7-17(20)16(9-13)18-10-26-12(2)21-18/h4-10H,1-3H3,(H,22,23). The summed E-state index contributed by atoms with van der Waals surface area (Å²) in [5.74, 6) is 0.161. The lowest BCUT2D eigenvalue weighted by atomic mass is 10.1. The summed E-state index contributed by atoms with van der Waals surface area (Å²) in [5, 5.41) is 3.28. The van der Waals surface area contributed by atoms with Crippen LogP contribution in [0.25, 0.3) is 11.3 Å². The summed E-state index contributed by atoms with van der Waals surface area (Å²) in [6.45, 7) is 3.42. The van der Waals surface area contributed by atoms with E-state index in [1.54, 1.807) is 32.0 Å². The van der Waals surface area contributed by atoms with Gasteiger partial charge < -0.3 is 9.73 Å². The van der Waals surface area contributed by atoms with Gasteiger partial charge in [0.25, 0.3) is 5.91 Å². The second-order valence-electron chi connectivity index (χ2n) is 6.15. The second kappa shape index (κ2) is 7.17. The molecule has 0 fully saturated rings. The molecule has 0 bridgehead atoms. The maximum absolute atomic E-state index is 12.6. The van der Waals surface area contributed by atoms with E-state index >= 15 is 0 Å². The Morgan fingerprint density at radius 1 is 1.15 bits per heavy atom. The van der Waals surface area contributed by atoms with Crippen LogP contribution in [0.2, 0.25) is 5.02 Å². The molecule has 0 aliphatic carbocycles. The molecule has 1 heterocycles. The van der Waals surface area contributed by atoms with Gasteiger partial charge >= 0.3 is 0 Å². The first-order valence-electron chi connectivity index (χ1n) is 7.99. The van der Waals surface area contributed by atoms with Crippen LogP contribution < -0.4 is 5.32 Å². The van der Waals surface area contributed by atoms with Gasteiger partial charge in [-0.15, -0.1) is 0 Å². The van der Waals surface area contributed by atoms with Crippen molar-refractivity contribution in [3.8, 4) is 11.3 Å². The van der Waals surface area contributed by atoms with Crippen molar-refractivity contribution in [1.29, 1.82) is 0 Å². The van der Waals surface area contributed by atoms with Crippen LogP contribution in [0.5, 0.6) is 0 Å². The van der Waals surface area contributed by atoms with E-state index in [1.165, 1.54) is 24.5 Å². The molecular weight excluding hydrogens is 388 g/mol. The average molecular weight is 405 g/mol. The highest BCUT2D eigenvalue weighted by Crippen LogP contribution is 2.30. The third-order valence-electron chi connectivity index (χ3n) is 3.99. The number of carbonyl (C=O) groups excluding carboxylic acids is 1. The molecule has 8 heteroatoms. The van der Waals surface area contributed by atoms with E-state index in [0.29, 0.717) is 39.0 Å². The molecule has 0 saturated heterocycles. The predicted octanol–water partition coefficient (Wildman–Crippen LogP) is 4.27. The summed E-state index contributed by atoms with van der Waals surface area (Å²) in [6.07, 6.45) is 2.62. The van der Waals surface area contributed by atoms with Crippen LogP contribution in [0.15, 0.2) is 52.0 Å².